The van der Waals surface area contributed by atoms with Crippen molar-refractivity contribution in [2.45, 2.75) is 24.8 Å². The number of aliphatic imine (C=N–C) groups is 1. The first-order valence-electron chi connectivity index (χ1n) is 3.66. The van der Waals surface area contributed by atoms with E-state index in [0.717, 1.165) is 12.3 Å². The van der Waals surface area contributed by atoms with E-state index in [9.17, 15) is 0 Å². The molecule has 0 aromatic heterocycles. The molecule has 3 heteroatoms. The van der Waals surface area contributed by atoms with Crippen LogP contribution in [0.25, 0.3) is 0 Å². The van der Waals surface area contributed by atoms with Gasteiger partial charge in [0.15, 0.2) is 0 Å². The number of alkyl halides is 1. The Morgan fingerprint density at radius 2 is 2.40 bits per heavy atom. The molecule has 2 rings (SSSR count). The predicted molar refractivity (Wildman–Crippen MR) is 42.3 cm³/mol. The summed E-state index contributed by atoms with van der Waals surface area (Å²) in [5, 5.41) is 0.274. The Morgan fingerprint density at radius 1 is 1.70 bits per heavy atom. The zero-order chi connectivity index (χ0) is 7.30. The minimum atomic E-state index is 0.274. The van der Waals surface area contributed by atoms with Crippen molar-refractivity contribution in [1.29, 1.82) is 0 Å². The van der Waals surface area contributed by atoms with Crippen molar-refractivity contribution in [3.8, 4) is 0 Å². The summed E-state index contributed by atoms with van der Waals surface area (Å²) in [7, 11) is 0. The van der Waals surface area contributed by atoms with Crippen molar-refractivity contribution in [2.75, 3.05) is 0 Å². The average Bonchev–Trinajstić information content (AvgIpc) is 2.42. The van der Waals surface area contributed by atoms with Crippen LogP contribution in [0.3, 0.4) is 0 Å². The Hall–Kier alpha value is -0.240. The number of hydrogen-bond donors (Lipinski definition) is 1. The second-order valence-corrected chi connectivity index (χ2v) is 3.82. The van der Waals surface area contributed by atoms with E-state index in [0.29, 0.717) is 17.9 Å². The monoisotopic (exact) mass is 158 g/mol. The number of fused-ring (bicyclic) bond motifs is 1. The second kappa shape index (κ2) is 1.88. The number of amidine groups is 1. The molecule has 1 fully saturated rings. The van der Waals surface area contributed by atoms with E-state index >= 15 is 0 Å². The van der Waals surface area contributed by atoms with E-state index in [1.54, 1.807) is 0 Å². The largest absolute Gasteiger partial charge is 0.387 e. The molecule has 0 spiro atoms. The van der Waals surface area contributed by atoms with Crippen LogP contribution in [-0.2, 0) is 0 Å². The summed E-state index contributed by atoms with van der Waals surface area (Å²) in [6.07, 6.45) is 0.935. The molecule has 2 unspecified atom stereocenters. The highest BCUT2D eigenvalue weighted by Gasteiger charge is 2.54. The standard InChI is InChI=1S/C7H11ClN2/c1-3-2-4(9)10-7-5(3)6(7)8/h3,5-7H,2H2,1H3,(H2,9,10)/t3?,5?,6-,7+/m1/s1. The molecule has 1 heterocycles. The van der Waals surface area contributed by atoms with Gasteiger partial charge in [-0.05, 0) is 5.92 Å². The Balaban J connectivity index is 2.18. The molecule has 0 aromatic carbocycles. The van der Waals surface area contributed by atoms with Gasteiger partial charge < -0.3 is 5.73 Å². The van der Waals surface area contributed by atoms with Gasteiger partial charge in [0, 0.05) is 12.3 Å². The lowest BCUT2D eigenvalue weighted by atomic mass is 9.99. The van der Waals surface area contributed by atoms with Crippen molar-refractivity contribution in [3.05, 3.63) is 0 Å². The van der Waals surface area contributed by atoms with Gasteiger partial charge in [-0.15, -0.1) is 11.6 Å². The molecular weight excluding hydrogens is 148 g/mol. The molecule has 10 heavy (non-hydrogen) atoms. The van der Waals surface area contributed by atoms with E-state index in [1.807, 2.05) is 0 Å². The Bertz CT molecular complexity index is 190. The summed E-state index contributed by atoms with van der Waals surface area (Å²) < 4.78 is 0. The number of halogens is 1. The molecule has 1 aliphatic carbocycles. The van der Waals surface area contributed by atoms with Crippen LogP contribution in [0.1, 0.15) is 13.3 Å². The fourth-order valence-electron chi connectivity index (χ4n) is 1.80. The zero-order valence-electron chi connectivity index (χ0n) is 5.92. The summed E-state index contributed by atoms with van der Waals surface area (Å²) in [5.74, 6) is 2.05. The first-order chi connectivity index (χ1) is 4.70. The van der Waals surface area contributed by atoms with Crippen molar-refractivity contribution in [2.24, 2.45) is 22.6 Å². The summed E-state index contributed by atoms with van der Waals surface area (Å²) in [6, 6.07) is 0.352. The van der Waals surface area contributed by atoms with Crippen LogP contribution >= 0.6 is 11.6 Å². The van der Waals surface area contributed by atoms with Crippen LogP contribution in [-0.4, -0.2) is 17.3 Å². The lowest BCUT2D eigenvalue weighted by molar-refractivity contribution is 0.499. The average molecular weight is 159 g/mol. The molecule has 56 valence electrons. The van der Waals surface area contributed by atoms with E-state index in [2.05, 4.69) is 11.9 Å². The molecule has 0 aromatic rings. The van der Waals surface area contributed by atoms with Gasteiger partial charge in [-0.1, -0.05) is 6.92 Å². The van der Waals surface area contributed by atoms with Gasteiger partial charge in [-0.2, -0.15) is 0 Å². The molecule has 2 aliphatic rings. The lowest BCUT2D eigenvalue weighted by Crippen LogP contribution is -2.22. The molecular formula is C7H11ClN2. The maximum atomic E-state index is 5.96. The first kappa shape index (κ1) is 6.47. The van der Waals surface area contributed by atoms with E-state index in [-0.39, 0.29) is 5.38 Å². The minimum absolute atomic E-state index is 0.274. The number of hydrogen-bond acceptors (Lipinski definition) is 2. The van der Waals surface area contributed by atoms with Crippen LogP contribution in [0.5, 0.6) is 0 Å². The van der Waals surface area contributed by atoms with E-state index in [4.69, 9.17) is 17.3 Å². The van der Waals surface area contributed by atoms with Gasteiger partial charge in [-0.3, -0.25) is 4.99 Å². The number of nitrogens with two attached hydrogens (primary N) is 1. The highest BCUT2D eigenvalue weighted by atomic mass is 35.5. The summed E-state index contributed by atoms with van der Waals surface area (Å²) in [4.78, 5) is 4.25. The fraction of sp³-hybridized carbons (Fsp3) is 0.857. The van der Waals surface area contributed by atoms with Crippen molar-refractivity contribution in [1.82, 2.24) is 0 Å². The molecule has 2 nitrogen and oxygen atoms in total. The lowest BCUT2D eigenvalue weighted by Gasteiger charge is -2.13. The fourth-order valence-corrected chi connectivity index (χ4v) is 2.34. The molecule has 0 amide bonds. The molecule has 0 radical (unpaired) electrons. The smallest absolute Gasteiger partial charge is 0.0944 e. The third-order valence-electron chi connectivity index (χ3n) is 2.45. The molecule has 0 bridgehead atoms. The van der Waals surface area contributed by atoms with E-state index in [1.165, 1.54) is 0 Å². The summed E-state index contributed by atoms with van der Waals surface area (Å²) in [6.45, 7) is 2.20. The molecule has 1 aliphatic heterocycles. The van der Waals surface area contributed by atoms with Crippen LogP contribution in [0.4, 0.5) is 0 Å². The van der Waals surface area contributed by atoms with Crippen LogP contribution in [0.2, 0.25) is 0 Å². The third-order valence-corrected chi connectivity index (χ3v) is 3.00. The van der Waals surface area contributed by atoms with Crippen molar-refractivity contribution in [3.63, 3.8) is 0 Å². The first-order valence-corrected chi connectivity index (χ1v) is 4.10. The Kier molecular flexibility index (Phi) is 1.21. The van der Waals surface area contributed by atoms with E-state index < -0.39 is 0 Å². The Morgan fingerprint density at radius 3 is 3.00 bits per heavy atom. The maximum Gasteiger partial charge on any atom is 0.0944 e. The number of rotatable bonds is 0. The van der Waals surface area contributed by atoms with Gasteiger partial charge in [0.25, 0.3) is 0 Å². The normalized spacial score (nSPS) is 51.6. The SMILES string of the molecule is CC1CC(N)=N[C@H]2C1[C@H]2Cl. The maximum absolute atomic E-state index is 5.96. The van der Waals surface area contributed by atoms with Gasteiger partial charge in [0.05, 0.1) is 17.3 Å². The predicted octanol–water partition coefficient (Wildman–Crippen LogP) is 0.989. The quantitative estimate of drug-likeness (QED) is 0.525. The molecule has 4 atom stereocenters. The summed E-state index contributed by atoms with van der Waals surface area (Å²) >= 11 is 5.96. The molecule has 2 N–H and O–H groups in total. The molecule has 0 saturated heterocycles. The summed E-state index contributed by atoms with van der Waals surface area (Å²) in [5.41, 5.74) is 5.60. The topological polar surface area (TPSA) is 38.4 Å². The van der Waals surface area contributed by atoms with Gasteiger partial charge in [-0.25, -0.2) is 0 Å². The highest BCUT2D eigenvalue weighted by Crippen LogP contribution is 2.48. The zero-order valence-corrected chi connectivity index (χ0v) is 6.67. The Labute approximate surface area is 65.5 Å². The number of nitrogens with zero attached hydrogens (tertiary/aromatic N) is 1. The van der Waals surface area contributed by atoms with Gasteiger partial charge in [0.1, 0.15) is 0 Å². The van der Waals surface area contributed by atoms with Crippen molar-refractivity contribution >= 4 is 17.4 Å². The van der Waals surface area contributed by atoms with Gasteiger partial charge >= 0.3 is 0 Å². The van der Waals surface area contributed by atoms with Crippen molar-refractivity contribution < 1.29 is 0 Å². The second-order valence-electron chi connectivity index (χ2n) is 3.31. The van der Waals surface area contributed by atoms with Crippen LogP contribution in [0, 0.1) is 11.8 Å². The van der Waals surface area contributed by atoms with Gasteiger partial charge in [0.2, 0.25) is 0 Å². The minimum Gasteiger partial charge on any atom is -0.387 e. The van der Waals surface area contributed by atoms with Crippen LogP contribution in [0.15, 0.2) is 4.99 Å². The van der Waals surface area contributed by atoms with Crippen LogP contribution < -0.4 is 5.73 Å². The highest BCUT2D eigenvalue weighted by molar-refractivity contribution is 6.23. The third kappa shape index (κ3) is 0.749. The molecule has 1 saturated carbocycles.